The Morgan fingerprint density at radius 3 is 2.76 bits per heavy atom. The van der Waals surface area contributed by atoms with E-state index in [0.717, 1.165) is 0 Å². The van der Waals surface area contributed by atoms with Crippen LogP contribution in [0.1, 0.15) is 19.8 Å². The second kappa shape index (κ2) is 3.83. The van der Waals surface area contributed by atoms with E-state index in [0.29, 0.717) is 12.8 Å². The number of carboxylic acid groups (broad SMARTS) is 1. The third kappa shape index (κ3) is 1.58. The van der Waals surface area contributed by atoms with Gasteiger partial charge in [0.2, 0.25) is 12.5 Å². The van der Waals surface area contributed by atoms with Gasteiger partial charge < -0.3 is 10.0 Å². The lowest BCUT2D eigenvalue weighted by molar-refractivity contribution is -0.471. The fourth-order valence-electron chi connectivity index (χ4n) is 2.63. The zero-order valence-electron chi connectivity index (χ0n) is 9.25. The van der Waals surface area contributed by atoms with Crippen molar-refractivity contribution in [1.82, 2.24) is 4.90 Å². The third-order valence-electron chi connectivity index (χ3n) is 3.34. The number of hydrogen-bond donors (Lipinski definition) is 1. The molecule has 2 heterocycles. The Bertz CT molecular complexity index is 442. The highest BCUT2D eigenvalue weighted by atomic mass is 16.6. The van der Waals surface area contributed by atoms with Crippen LogP contribution in [0.4, 0.5) is 0 Å². The second-order valence-electron chi connectivity index (χ2n) is 4.24. The number of fused-ring (bicyclic) bond motifs is 1. The van der Waals surface area contributed by atoms with Crippen molar-refractivity contribution >= 4 is 11.9 Å². The quantitative estimate of drug-likeness (QED) is 0.431. The van der Waals surface area contributed by atoms with Gasteiger partial charge in [0.1, 0.15) is 5.70 Å². The molecule has 0 spiro atoms. The molecule has 1 N–H and O–H groups in total. The number of nitrogens with zero attached hydrogens (tertiary/aromatic N) is 2. The van der Waals surface area contributed by atoms with Crippen LogP contribution >= 0.6 is 0 Å². The molecule has 1 saturated heterocycles. The maximum atomic E-state index is 11.7. The summed E-state index contributed by atoms with van der Waals surface area (Å²) >= 11 is 0. The molecule has 0 aromatic rings. The average molecular weight is 240 g/mol. The Balaban J connectivity index is 2.29. The van der Waals surface area contributed by atoms with Crippen molar-refractivity contribution in [1.29, 1.82) is 0 Å². The molecule has 2 atom stereocenters. The van der Waals surface area contributed by atoms with Crippen LogP contribution in [-0.2, 0) is 9.59 Å². The lowest BCUT2D eigenvalue weighted by Gasteiger charge is -2.42. The largest absolute Gasteiger partial charge is 0.477 e. The molecule has 92 valence electrons. The first-order valence-electron chi connectivity index (χ1n) is 5.37. The Morgan fingerprint density at radius 2 is 2.29 bits per heavy atom. The molecule has 0 aliphatic carbocycles. The van der Waals surface area contributed by atoms with Gasteiger partial charge in [-0.15, -0.1) is 0 Å². The minimum atomic E-state index is -1.26. The minimum absolute atomic E-state index is 0.179. The van der Waals surface area contributed by atoms with Crippen LogP contribution in [0.2, 0.25) is 0 Å². The van der Waals surface area contributed by atoms with E-state index >= 15 is 0 Å². The molecule has 0 aromatic carbocycles. The van der Waals surface area contributed by atoms with Gasteiger partial charge in [0.25, 0.3) is 0 Å². The van der Waals surface area contributed by atoms with Gasteiger partial charge in [-0.25, -0.2) is 4.79 Å². The first kappa shape index (κ1) is 11.6. The zero-order valence-corrected chi connectivity index (χ0v) is 9.25. The number of β-lactam (4-membered cyclic amide) rings is 1. The molecule has 0 radical (unpaired) electrons. The van der Waals surface area contributed by atoms with Gasteiger partial charge >= 0.3 is 5.97 Å². The van der Waals surface area contributed by atoms with E-state index in [-0.39, 0.29) is 29.1 Å². The topological polar surface area (TPSA) is 101 Å². The summed E-state index contributed by atoms with van der Waals surface area (Å²) in [4.78, 5) is 33.8. The molecule has 2 aliphatic rings. The van der Waals surface area contributed by atoms with Gasteiger partial charge in [-0.2, -0.15) is 0 Å². The van der Waals surface area contributed by atoms with Crippen molar-refractivity contribution in [2.24, 2.45) is 5.92 Å². The highest BCUT2D eigenvalue weighted by Crippen LogP contribution is 2.43. The van der Waals surface area contributed by atoms with Gasteiger partial charge in [-0.05, 0) is 12.8 Å². The lowest BCUT2D eigenvalue weighted by atomic mass is 9.85. The molecule has 17 heavy (non-hydrogen) atoms. The highest BCUT2D eigenvalue weighted by molar-refractivity contribution is 5.99. The summed E-state index contributed by atoms with van der Waals surface area (Å²) < 4.78 is 0. The molecule has 2 unspecified atom stereocenters. The standard InChI is InChI=1S/C10H12N2O5/c1-2-6-7-3-5(4-11(16)17)8(10(14)15)12(7)9(6)13/h6-7H,2-4H2,1H3,(H,14,15). The molecule has 2 aliphatic heterocycles. The molecule has 1 fully saturated rings. The number of aliphatic carboxylic acids is 1. The summed E-state index contributed by atoms with van der Waals surface area (Å²) in [5.74, 6) is -1.67. The summed E-state index contributed by atoms with van der Waals surface area (Å²) in [5.41, 5.74) is 0.0678. The fraction of sp³-hybridized carbons (Fsp3) is 0.600. The molecule has 2 rings (SSSR count). The molecular weight excluding hydrogens is 228 g/mol. The van der Waals surface area contributed by atoms with Gasteiger partial charge in [-0.1, -0.05) is 6.92 Å². The molecule has 1 amide bonds. The first-order chi connectivity index (χ1) is 7.97. The number of carbonyl (C=O) groups excluding carboxylic acids is 1. The van der Waals surface area contributed by atoms with Crippen LogP contribution in [0.25, 0.3) is 0 Å². The average Bonchev–Trinajstić information content (AvgIpc) is 2.53. The number of amides is 1. The van der Waals surface area contributed by atoms with Crippen molar-refractivity contribution in [3.05, 3.63) is 21.4 Å². The van der Waals surface area contributed by atoms with Crippen molar-refractivity contribution < 1.29 is 19.6 Å². The molecular formula is C10H12N2O5. The summed E-state index contributed by atoms with van der Waals surface area (Å²) in [5, 5.41) is 19.5. The lowest BCUT2D eigenvalue weighted by Crippen LogP contribution is -2.58. The van der Waals surface area contributed by atoms with Gasteiger partial charge in [-0.3, -0.25) is 14.9 Å². The van der Waals surface area contributed by atoms with Gasteiger partial charge in [0.15, 0.2) is 0 Å². The minimum Gasteiger partial charge on any atom is -0.477 e. The molecule has 7 heteroatoms. The van der Waals surface area contributed by atoms with Gasteiger partial charge in [0.05, 0.1) is 12.0 Å². The van der Waals surface area contributed by atoms with E-state index in [2.05, 4.69) is 0 Å². The summed E-state index contributed by atoms with van der Waals surface area (Å²) in [6.45, 7) is 1.35. The number of carbonyl (C=O) groups is 2. The molecule has 0 aromatic heterocycles. The Kier molecular flexibility index (Phi) is 2.60. The maximum Gasteiger partial charge on any atom is 0.352 e. The summed E-state index contributed by atoms with van der Waals surface area (Å²) in [6, 6.07) is -0.187. The summed E-state index contributed by atoms with van der Waals surface area (Å²) in [7, 11) is 0. The number of rotatable bonds is 4. The molecule has 0 bridgehead atoms. The van der Waals surface area contributed by atoms with Crippen LogP contribution in [0.15, 0.2) is 11.3 Å². The first-order valence-corrected chi connectivity index (χ1v) is 5.37. The van der Waals surface area contributed by atoms with Crippen molar-refractivity contribution in [2.45, 2.75) is 25.8 Å². The SMILES string of the molecule is CCC1C(=O)N2C(C(=O)O)=C(C[N+](=O)[O-])CC12. The third-order valence-corrected chi connectivity index (χ3v) is 3.34. The van der Waals surface area contributed by atoms with E-state index in [1.54, 1.807) is 0 Å². The van der Waals surface area contributed by atoms with E-state index in [1.807, 2.05) is 6.92 Å². The predicted molar refractivity (Wildman–Crippen MR) is 55.6 cm³/mol. The monoisotopic (exact) mass is 240 g/mol. The van der Waals surface area contributed by atoms with E-state index in [1.165, 1.54) is 4.90 Å². The van der Waals surface area contributed by atoms with Gasteiger partial charge in [0, 0.05) is 10.5 Å². The Morgan fingerprint density at radius 1 is 1.65 bits per heavy atom. The van der Waals surface area contributed by atoms with E-state index < -0.39 is 17.4 Å². The van der Waals surface area contributed by atoms with Crippen molar-refractivity contribution in [2.75, 3.05) is 6.54 Å². The Labute approximate surface area is 96.9 Å². The van der Waals surface area contributed by atoms with E-state index in [9.17, 15) is 19.7 Å². The fourth-order valence-corrected chi connectivity index (χ4v) is 2.63. The smallest absolute Gasteiger partial charge is 0.352 e. The normalized spacial score (nSPS) is 26.9. The maximum absolute atomic E-state index is 11.7. The number of hydrogen-bond acceptors (Lipinski definition) is 4. The predicted octanol–water partition coefficient (Wildman–Crippen LogP) is 0.243. The molecule has 7 nitrogen and oxygen atoms in total. The van der Waals surface area contributed by atoms with Crippen molar-refractivity contribution in [3.8, 4) is 0 Å². The van der Waals surface area contributed by atoms with Crippen LogP contribution < -0.4 is 0 Å². The molecule has 0 saturated carbocycles. The van der Waals surface area contributed by atoms with E-state index in [4.69, 9.17) is 5.11 Å². The summed E-state index contributed by atoms with van der Waals surface area (Å²) in [6.07, 6.45) is 0.950. The van der Waals surface area contributed by atoms with Crippen LogP contribution in [0.5, 0.6) is 0 Å². The van der Waals surface area contributed by atoms with Crippen LogP contribution in [-0.4, -0.2) is 39.4 Å². The number of carboxylic acids is 1. The van der Waals surface area contributed by atoms with Crippen LogP contribution in [0.3, 0.4) is 0 Å². The van der Waals surface area contributed by atoms with Crippen molar-refractivity contribution in [3.63, 3.8) is 0 Å². The number of nitro groups is 1. The van der Waals surface area contributed by atoms with Crippen LogP contribution in [0, 0.1) is 16.0 Å². The zero-order chi connectivity index (χ0) is 12.7. The highest BCUT2D eigenvalue weighted by Gasteiger charge is 2.54. The Hall–Kier alpha value is -1.92. The second-order valence-corrected chi connectivity index (χ2v) is 4.24.